The number of nitrogens with zero attached hydrogens (tertiary/aromatic N) is 3. The molecule has 4 unspecified atom stereocenters. The lowest BCUT2D eigenvalue weighted by atomic mass is 9.85. The first kappa shape index (κ1) is 25.5. The van der Waals surface area contributed by atoms with Crippen LogP contribution >= 0.6 is 0 Å². The number of carbonyl (C=O) groups is 3. The number of fused-ring (bicyclic) bond motifs is 1. The fraction of sp³-hybridized carbons (Fsp3) is 0.552. The van der Waals surface area contributed by atoms with E-state index in [1.807, 2.05) is 24.3 Å². The monoisotopic (exact) mass is 504 g/mol. The van der Waals surface area contributed by atoms with Crippen molar-refractivity contribution in [2.24, 2.45) is 11.8 Å². The van der Waals surface area contributed by atoms with Crippen molar-refractivity contribution in [3.05, 3.63) is 42.5 Å². The Bertz CT molecular complexity index is 1100. The first-order chi connectivity index (χ1) is 17.9. The van der Waals surface area contributed by atoms with Gasteiger partial charge in [0, 0.05) is 44.0 Å². The van der Waals surface area contributed by atoms with Crippen molar-refractivity contribution in [1.82, 2.24) is 15.1 Å². The second-order valence-electron chi connectivity index (χ2n) is 10.8. The van der Waals surface area contributed by atoms with E-state index in [4.69, 9.17) is 11.2 Å². The molecule has 37 heavy (non-hydrogen) atoms. The predicted molar refractivity (Wildman–Crippen MR) is 141 cm³/mol. The minimum Gasteiger partial charge on any atom is -0.369 e. The van der Waals surface area contributed by atoms with Crippen molar-refractivity contribution < 1.29 is 19.1 Å². The highest BCUT2D eigenvalue weighted by Gasteiger charge is 2.62. The molecule has 4 atom stereocenters. The number of nitrogens with one attached hydrogen (secondary N) is 1. The maximum atomic E-state index is 14.0. The van der Waals surface area contributed by atoms with Crippen LogP contribution in [0.5, 0.6) is 0 Å². The Kier molecular flexibility index (Phi) is 7.11. The number of ether oxygens (including phenoxy) is 1. The average molecular weight is 505 g/mol. The molecule has 2 amide bonds. The van der Waals surface area contributed by atoms with Crippen LogP contribution in [0.4, 0.5) is 5.69 Å². The lowest BCUT2D eigenvalue weighted by molar-refractivity contribution is -0.139. The quantitative estimate of drug-likeness (QED) is 0.469. The SMILES string of the molecule is C#CC1CN(C(=O)C(NC(=O)c2ccc(N3CCN(C)CC3)cc2)C2CCCC2)C2C(=O)COC12C=C. The number of hydrogen-bond acceptors (Lipinski definition) is 6. The number of likely N-dealkylation sites (N-methyl/N-ethyl adjacent to an activating group) is 1. The predicted octanol–water partition coefficient (Wildman–Crippen LogP) is 1.71. The van der Waals surface area contributed by atoms with Crippen LogP contribution in [-0.4, -0.2) is 91.5 Å². The van der Waals surface area contributed by atoms with E-state index in [0.717, 1.165) is 57.5 Å². The van der Waals surface area contributed by atoms with Crippen LogP contribution < -0.4 is 10.2 Å². The zero-order valence-corrected chi connectivity index (χ0v) is 21.5. The van der Waals surface area contributed by atoms with Crippen LogP contribution in [0.3, 0.4) is 0 Å². The number of piperazine rings is 1. The summed E-state index contributed by atoms with van der Waals surface area (Å²) in [5.41, 5.74) is 0.536. The summed E-state index contributed by atoms with van der Waals surface area (Å²) in [5, 5.41) is 3.03. The Morgan fingerprint density at radius 2 is 1.86 bits per heavy atom. The Labute approximate surface area is 219 Å². The van der Waals surface area contributed by atoms with Crippen molar-refractivity contribution in [3.8, 4) is 12.3 Å². The molecule has 0 radical (unpaired) electrons. The van der Waals surface area contributed by atoms with Gasteiger partial charge in [-0.1, -0.05) is 24.8 Å². The Hall–Kier alpha value is -3.15. The largest absolute Gasteiger partial charge is 0.369 e. The number of hydrogen-bond donors (Lipinski definition) is 1. The van der Waals surface area contributed by atoms with Crippen LogP contribution in [0.25, 0.3) is 0 Å². The molecule has 8 heteroatoms. The number of anilines is 1. The normalized spacial score (nSPS) is 29.1. The van der Waals surface area contributed by atoms with Crippen LogP contribution in [0, 0.1) is 24.2 Å². The summed E-state index contributed by atoms with van der Waals surface area (Å²) in [6.45, 7) is 7.89. The Morgan fingerprint density at radius 1 is 1.19 bits per heavy atom. The summed E-state index contributed by atoms with van der Waals surface area (Å²) in [4.78, 5) is 46.3. The van der Waals surface area contributed by atoms with Gasteiger partial charge >= 0.3 is 0 Å². The van der Waals surface area contributed by atoms with Crippen molar-refractivity contribution >= 4 is 23.3 Å². The summed E-state index contributed by atoms with van der Waals surface area (Å²) in [6.07, 6.45) is 11.1. The smallest absolute Gasteiger partial charge is 0.251 e. The molecule has 196 valence electrons. The molecule has 0 spiro atoms. The summed E-state index contributed by atoms with van der Waals surface area (Å²) in [5.74, 6) is 1.53. The molecule has 3 saturated heterocycles. The molecule has 3 heterocycles. The molecule has 1 N–H and O–H groups in total. The fourth-order valence-corrected chi connectivity index (χ4v) is 6.44. The Balaban J connectivity index is 1.34. The molecule has 5 rings (SSSR count). The summed E-state index contributed by atoms with van der Waals surface area (Å²) in [7, 11) is 2.12. The maximum Gasteiger partial charge on any atom is 0.251 e. The van der Waals surface area contributed by atoms with Gasteiger partial charge in [-0.3, -0.25) is 14.4 Å². The number of Topliss-reactive ketones (excluding diaryl/α,β-unsaturated/α-hetero) is 1. The first-order valence-corrected chi connectivity index (χ1v) is 13.3. The van der Waals surface area contributed by atoms with Crippen LogP contribution in [0.1, 0.15) is 36.0 Å². The zero-order valence-electron chi connectivity index (χ0n) is 21.5. The number of ketones is 1. The van der Waals surface area contributed by atoms with E-state index in [0.29, 0.717) is 5.56 Å². The fourth-order valence-electron chi connectivity index (χ4n) is 6.44. The molecule has 3 aliphatic heterocycles. The highest BCUT2D eigenvalue weighted by Crippen LogP contribution is 2.43. The number of amides is 2. The number of likely N-dealkylation sites (tertiary alicyclic amines) is 1. The third-order valence-corrected chi connectivity index (χ3v) is 8.66. The van der Waals surface area contributed by atoms with Gasteiger partial charge in [0.25, 0.3) is 5.91 Å². The highest BCUT2D eigenvalue weighted by atomic mass is 16.5. The molecule has 8 nitrogen and oxygen atoms in total. The van der Waals surface area contributed by atoms with Gasteiger partial charge in [0.2, 0.25) is 5.91 Å². The topological polar surface area (TPSA) is 82.2 Å². The van der Waals surface area contributed by atoms with E-state index < -0.39 is 23.6 Å². The third kappa shape index (κ3) is 4.55. The van der Waals surface area contributed by atoms with Gasteiger partial charge < -0.3 is 24.8 Å². The third-order valence-electron chi connectivity index (χ3n) is 8.66. The number of rotatable bonds is 6. The molecule has 0 bridgehead atoms. The van der Waals surface area contributed by atoms with Crippen molar-refractivity contribution in [2.75, 3.05) is 51.3 Å². The van der Waals surface area contributed by atoms with E-state index >= 15 is 0 Å². The molecule has 1 aromatic rings. The van der Waals surface area contributed by atoms with Crippen LogP contribution in [0.2, 0.25) is 0 Å². The van der Waals surface area contributed by atoms with Gasteiger partial charge in [0.15, 0.2) is 5.78 Å². The van der Waals surface area contributed by atoms with E-state index in [1.54, 1.807) is 11.0 Å². The van der Waals surface area contributed by atoms with Crippen molar-refractivity contribution in [3.63, 3.8) is 0 Å². The van der Waals surface area contributed by atoms with Crippen molar-refractivity contribution in [2.45, 2.75) is 43.4 Å². The highest BCUT2D eigenvalue weighted by molar-refractivity contribution is 6.00. The van der Waals surface area contributed by atoms with E-state index in [9.17, 15) is 14.4 Å². The molecule has 1 saturated carbocycles. The molecule has 1 aromatic carbocycles. The summed E-state index contributed by atoms with van der Waals surface area (Å²) < 4.78 is 5.83. The van der Waals surface area contributed by atoms with Gasteiger partial charge in [-0.25, -0.2) is 0 Å². The van der Waals surface area contributed by atoms with Crippen LogP contribution in [0.15, 0.2) is 36.9 Å². The van der Waals surface area contributed by atoms with E-state index in [1.165, 1.54) is 0 Å². The molecule has 1 aliphatic carbocycles. The minimum atomic E-state index is -1.06. The second kappa shape index (κ2) is 10.3. The van der Waals surface area contributed by atoms with Gasteiger partial charge in [-0.05, 0) is 50.1 Å². The second-order valence-corrected chi connectivity index (χ2v) is 10.8. The molecule has 4 aliphatic rings. The van der Waals surface area contributed by atoms with Gasteiger partial charge in [0.05, 0.1) is 5.92 Å². The van der Waals surface area contributed by atoms with Gasteiger partial charge in [0.1, 0.15) is 24.3 Å². The van der Waals surface area contributed by atoms with Gasteiger partial charge in [-0.2, -0.15) is 0 Å². The standard InChI is InChI=1S/C29H36N4O4/c1-4-22-18-33(26-24(34)19-37-29(22,26)5-2)28(36)25(20-8-6-7-9-20)30-27(35)21-10-12-23(13-11-21)32-16-14-31(3)15-17-32/h1,5,10-13,20,22,25-26H,2,6-9,14-19H2,3H3,(H,30,35). The molecular weight excluding hydrogens is 468 g/mol. The van der Waals surface area contributed by atoms with Crippen molar-refractivity contribution in [1.29, 1.82) is 0 Å². The lowest BCUT2D eigenvalue weighted by Crippen LogP contribution is -2.56. The van der Waals surface area contributed by atoms with E-state index in [-0.39, 0.29) is 36.7 Å². The number of terminal acetylenes is 1. The first-order valence-electron chi connectivity index (χ1n) is 13.3. The maximum absolute atomic E-state index is 14.0. The minimum absolute atomic E-state index is 0.0153. The van der Waals surface area contributed by atoms with Gasteiger partial charge in [-0.15, -0.1) is 13.0 Å². The number of benzene rings is 1. The molecule has 0 aromatic heterocycles. The lowest BCUT2D eigenvalue weighted by Gasteiger charge is -2.34. The molecule has 4 fully saturated rings. The average Bonchev–Trinajstić information content (AvgIpc) is 3.64. The molecular formula is C29H36N4O4. The zero-order chi connectivity index (χ0) is 26.2. The number of carbonyl (C=O) groups excluding carboxylic acids is 3. The summed E-state index contributed by atoms with van der Waals surface area (Å²) >= 11 is 0. The summed E-state index contributed by atoms with van der Waals surface area (Å²) in [6, 6.07) is 6.05. The van der Waals surface area contributed by atoms with E-state index in [2.05, 4.69) is 34.7 Å². The Morgan fingerprint density at radius 3 is 2.49 bits per heavy atom. The van der Waals surface area contributed by atoms with Crippen LogP contribution in [-0.2, 0) is 14.3 Å².